The average Bonchev–Trinajstić information content (AvgIpc) is 2.18. The van der Waals surface area contributed by atoms with Crippen LogP contribution in [0.2, 0.25) is 0 Å². The summed E-state index contributed by atoms with van der Waals surface area (Å²) in [7, 11) is 0. The van der Waals surface area contributed by atoms with Crippen molar-refractivity contribution in [2.24, 2.45) is 5.73 Å². The molecule has 4 heteroatoms. The van der Waals surface area contributed by atoms with Crippen molar-refractivity contribution in [3.8, 4) is 0 Å². The Balaban J connectivity index is 2.96. The van der Waals surface area contributed by atoms with Gasteiger partial charge < -0.3 is 10.8 Å². The van der Waals surface area contributed by atoms with E-state index in [1.165, 1.54) is 6.07 Å². The summed E-state index contributed by atoms with van der Waals surface area (Å²) in [5.41, 5.74) is 6.94. The first-order valence-electron chi connectivity index (χ1n) is 4.81. The van der Waals surface area contributed by atoms with Gasteiger partial charge in [-0.15, -0.1) is 0 Å². The van der Waals surface area contributed by atoms with Gasteiger partial charge in [0.05, 0.1) is 0 Å². The fraction of sp³-hybridized carbons (Fsp3) is 0.455. The van der Waals surface area contributed by atoms with Gasteiger partial charge in [-0.3, -0.25) is 0 Å². The molecule has 1 rings (SSSR count). The lowest BCUT2D eigenvalue weighted by atomic mass is 9.99. The molecule has 0 radical (unpaired) electrons. The van der Waals surface area contributed by atoms with Crippen molar-refractivity contribution in [2.45, 2.75) is 25.8 Å². The monoisotopic (exact) mass is 215 g/mol. The summed E-state index contributed by atoms with van der Waals surface area (Å²) < 4.78 is 25.1. The number of alkyl halides is 2. The molecule has 0 saturated heterocycles. The van der Waals surface area contributed by atoms with Crippen LogP contribution in [0.15, 0.2) is 18.2 Å². The van der Waals surface area contributed by atoms with E-state index in [9.17, 15) is 8.78 Å². The maximum atomic E-state index is 12.6. The zero-order valence-electron chi connectivity index (χ0n) is 8.58. The Morgan fingerprint density at radius 3 is 2.60 bits per heavy atom. The van der Waals surface area contributed by atoms with Gasteiger partial charge in [-0.1, -0.05) is 12.1 Å². The summed E-state index contributed by atoms with van der Waals surface area (Å²) in [6.07, 6.45) is -2.10. The van der Waals surface area contributed by atoms with Gasteiger partial charge in [-0.25, -0.2) is 8.78 Å². The molecule has 15 heavy (non-hydrogen) atoms. The SMILES string of the molecule is Cc1ccc(C(N)CCO)cc1C(F)F. The Morgan fingerprint density at radius 2 is 2.07 bits per heavy atom. The van der Waals surface area contributed by atoms with Crippen molar-refractivity contribution < 1.29 is 13.9 Å². The van der Waals surface area contributed by atoms with Crippen LogP contribution in [0.1, 0.15) is 35.6 Å². The fourth-order valence-electron chi connectivity index (χ4n) is 1.43. The number of aliphatic hydroxyl groups excluding tert-OH is 1. The first-order valence-corrected chi connectivity index (χ1v) is 4.81. The lowest BCUT2D eigenvalue weighted by molar-refractivity contribution is 0.150. The number of rotatable bonds is 4. The number of halogens is 2. The van der Waals surface area contributed by atoms with Crippen molar-refractivity contribution in [1.82, 2.24) is 0 Å². The van der Waals surface area contributed by atoms with Crippen molar-refractivity contribution in [3.63, 3.8) is 0 Å². The molecule has 1 aromatic carbocycles. The van der Waals surface area contributed by atoms with Gasteiger partial charge in [-0.2, -0.15) is 0 Å². The number of aryl methyl sites for hydroxylation is 1. The zero-order valence-corrected chi connectivity index (χ0v) is 8.58. The summed E-state index contributed by atoms with van der Waals surface area (Å²) in [4.78, 5) is 0. The molecule has 84 valence electrons. The van der Waals surface area contributed by atoms with Crippen LogP contribution in [-0.2, 0) is 0 Å². The molecule has 1 aromatic rings. The summed E-state index contributed by atoms with van der Waals surface area (Å²) in [6.45, 7) is 1.60. The Hall–Kier alpha value is -1.00. The molecule has 0 spiro atoms. The van der Waals surface area contributed by atoms with Crippen LogP contribution in [0.25, 0.3) is 0 Å². The molecule has 0 aliphatic carbocycles. The van der Waals surface area contributed by atoms with Gasteiger partial charge >= 0.3 is 0 Å². The van der Waals surface area contributed by atoms with Crippen molar-refractivity contribution in [1.29, 1.82) is 0 Å². The molecule has 1 unspecified atom stereocenters. The smallest absolute Gasteiger partial charge is 0.264 e. The van der Waals surface area contributed by atoms with E-state index in [1.54, 1.807) is 19.1 Å². The molecule has 0 bridgehead atoms. The van der Waals surface area contributed by atoms with Crippen LogP contribution in [0.4, 0.5) is 8.78 Å². The highest BCUT2D eigenvalue weighted by Gasteiger charge is 2.13. The molecule has 0 amide bonds. The van der Waals surface area contributed by atoms with Crippen LogP contribution >= 0.6 is 0 Å². The van der Waals surface area contributed by atoms with Gasteiger partial charge in [0, 0.05) is 18.2 Å². The number of hydrogen-bond donors (Lipinski definition) is 2. The maximum Gasteiger partial charge on any atom is 0.264 e. The van der Waals surface area contributed by atoms with Crippen molar-refractivity contribution in [2.75, 3.05) is 6.61 Å². The van der Waals surface area contributed by atoms with Gasteiger partial charge in [0.2, 0.25) is 0 Å². The highest BCUT2D eigenvalue weighted by molar-refractivity contribution is 5.33. The van der Waals surface area contributed by atoms with Crippen molar-refractivity contribution in [3.05, 3.63) is 34.9 Å². The number of aliphatic hydroxyl groups is 1. The molecule has 0 fully saturated rings. The molecule has 2 nitrogen and oxygen atoms in total. The second-order valence-electron chi connectivity index (χ2n) is 3.54. The Labute approximate surface area is 87.7 Å². The van der Waals surface area contributed by atoms with Crippen LogP contribution in [0, 0.1) is 6.92 Å². The molecule has 0 heterocycles. The minimum Gasteiger partial charge on any atom is -0.396 e. The first kappa shape index (κ1) is 12.1. The molecule has 0 aromatic heterocycles. The second kappa shape index (κ2) is 5.19. The van der Waals surface area contributed by atoms with E-state index in [1.807, 2.05) is 0 Å². The van der Waals surface area contributed by atoms with Crippen LogP contribution in [0.5, 0.6) is 0 Å². The molecular formula is C11H15F2NO. The lowest BCUT2D eigenvalue weighted by Crippen LogP contribution is -2.12. The highest BCUT2D eigenvalue weighted by atomic mass is 19.3. The number of hydrogen-bond acceptors (Lipinski definition) is 2. The van der Waals surface area contributed by atoms with Gasteiger partial charge in [0.15, 0.2) is 0 Å². The molecule has 0 aliphatic heterocycles. The Bertz CT molecular complexity index is 328. The van der Waals surface area contributed by atoms with Crippen LogP contribution < -0.4 is 5.73 Å². The summed E-state index contributed by atoms with van der Waals surface area (Å²) in [5, 5.41) is 8.70. The van der Waals surface area contributed by atoms with Gasteiger partial charge in [0.25, 0.3) is 6.43 Å². The first-order chi connectivity index (χ1) is 7.06. The van der Waals surface area contributed by atoms with E-state index in [0.29, 0.717) is 17.5 Å². The van der Waals surface area contributed by atoms with E-state index in [0.717, 1.165) is 0 Å². The molecule has 1 atom stereocenters. The number of benzene rings is 1. The number of nitrogens with two attached hydrogens (primary N) is 1. The molecule has 0 saturated carbocycles. The lowest BCUT2D eigenvalue weighted by Gasteiger charge is -2.13. The second-order valence-corrected chi connectivity index (χ2v) is 3.54. The van der Waals surface area contributed by atoms with Crippen molar-refractivity contribution >= 4 is 0 Å². The largest absolute Gasteiger partial charge is 0.396 e. The quantitative estimate of drug-likeness (QED) is 0.809. The zero-order chi connectivity index (χ0) is 11.4. The predicted molar refractivity (Wildman–Crippen MR) is 54.8 cm³/mol. The minimum absolute atomic E-state index is 0.0147. The summed E-state index contributed by atoms with van der Waals surface area (Å²) in [6, 6.07) is 4.39. The molecular weight excluding hydrogens is 200 g/mol. The average molecular weight is 215 g/mol. The van der Waals surface area contributed by atoms with Crippen LogP contribution in [-0.4, -0.2) is 11.7 Å². The standard InChI is InChI=1S/C11H15F2NO/c1-7-2-3-8(10(14)4-5-15)6-9(7)11(12)13/h2-3,6,10-11,15H,4-5,14H2,1H3. The van der Waals surface area contributed by atoms with Gasteiger partial charge in [0.1, 0.15) is 0 Å². The van der Waals surface area contributed by atoms with E-state index in [-0.39, 0.29) is 18.2 Å². The fourth-order valence-corrected chi connectivity index (χ4v) is 1.43. The predicted octanol–water partition coefficient (Wildman–Crippen LogP) is 2.31. The Morgan fingerprint density at radius 1 is 1.40 bits per heavy atom. The maximum absolute atomic E-state index is 12.6. The summed E-state index contributed by atoms with van der Waals surface area (Å²) in [5.74, 6) is 0. The third-order valence-corrected chi connectivity index (χ3v) is 2.41. The molecule has 0 aliphatic rings. The van der Waals surface area contributed by atoms with E-state index < -0.39 is 6.43 Å². The topological polar surface area (TPSA) is 46.2 Å². The third kappa shape index (κ3) is 2.97. The van der Waals surface area contributed by atoms with Crippen LogP contribution in [0.3, 0.4) is 0 Å². The normalized spacial score (nSPS) is 13.2. The van der Waals surface area contributed by atoms with E-state index in [4.69, 9.17) is 10.8 Å². The van der Waals surface area contributed by atoms with E-state index >= 15 is 0 Å². The third-order valence-electron chi connectivity index (χ3n) is 2.41. The highest BCUT2D eigenvalue weighted by Crippen LogP contribution is 2.26. The molecule has 3 N–H and O–H groups in total. The Kier molecular flexibility index (Phi) is 4.17. The summed E-state index contributed by atoms with van der Waals surface area (Å²) >= 11 is 0. The van der Waals surface area contributed by atoms with Gasteiger partial charge in [-0.05, 0) is 30.5 Å². The van der Waals surface area contributed by atoms with E-state index in [2.05, 4.69) is 0 Å². The minimum atomic E-state index is -2.48.